The maximum atomic E-state index is 13.2. The van der Waals surface area contributed by atoms with Crippen LogP contribution in [-0.2, 0) is 17.6 Å². The standard InChI is InChI=1S/C25H29FN2O2/c1-15(2)28-11-9-19-13-22-23(14-20(19)10-12-28)27-16(3)24(22)25(29)30-17(4)18-5-7-21(26)8-6-18/h5-8,13-15,17,27H,9-12H2,1-4H3. The average molecular weight is 409 g/mol. The molecule has 3 aromatic rings. The highest BCUT2D eigenvalue weighted by molar-refractivity contribution is 6.06. The molecule has 2 heterocycles. The normalized spacial score (nSPS) is 15.8. The quantitative estimate of drug-likeness (QED) is 0.593. The fourth-order valence-electron chi connectivity index (χ4n) is 4.37. The smallest absolute Gasteiger partial charge is 0.341 e. The Labute approximate surface area is 177 Å². The molecule has 0 radical (unpaired) electrons. The number of hydrogen-bond acceptors (Lipinski definition) is 3. The second-order valence-electron chi connectivity index (χ2n) is 8.52. The first-order chi connectivity index (χ1) is 14.3. The van der Waals surface area contributed by atoms with E-state index in [4.69, 9.17) is 4.74 Å². The number of aromatic amines is 1. The molecule has 0 spiro atoms. The Morgan fingerprint density at radius 3 is 2.33 bits per heavy atom. The first-order valence-corrected chi connectivity index (χ1v) is 10.7. The van der Waals surface area contributed by atoms with Crippen LogP contribution in [0.2, 0.25) is 0 Å². The summed E-state index contributed by atoms with van der Waals surface area (Å²) in [6.07, 6.45) is 1.54. The average Bonchev–Trinajstić information content (AvgIpc) is 2.87. The molecule has 1 aliphatic rings. The number of H-pyrrole nitrogens is 1. The molecule has 0 fully saturated rings. The molecule has 1 aromatic heterocycles. The fraction of sp³-hybridized carbons (Fsp3) is 0.400. The van der Waals surface area contributed by atoms with Crippen LogP contribution < -0.4 is 0 Å². The van der Waals surface area contributed by atoms with Gasteiger partial charge in [0.05, 0.1) is 5.56 Å². The highest BCUT2D eigenvalue weighted by atomic mass is 19.1. The minimum absolute atomic E-state index is 0.304. The third-order valence-corrected chi connectivity index (χ3v) is 6.20. The molecule has 0 bridgehead atoms. The first kappa shape index (κ1) is 20.6. The number of aromatic nitrogens is 1. The fourth-order valence-corrected chi connectivity index (χ4v) is 4.37. The molecule has 1 aliphatic heterocycles. The van der Waals surface area contributed by atoms with Crippen LogP contribution in [0.25, 0.3) is 10.9 Å². The van der Waals surface area contributed by atoms with Gasteiger partial charge >= 0.3 is 5.97 Å². The van der Waals surface area contributed by atoms with E-state index >= 15 is 0 Å². The Kier molecular flexibility index (Phi) is 5.65. The van der Waals surface area contributed by atoms with Crippen molar-refractivity contribution in [3.8, 4) is 0 Å². The van der Waals surface area contributed by atoms with E-state index in [2.05, 4.69) is 35.9 Å². The molecule has 4 rings (SSSR count). The molecule has 5 heteroatoms. The van der Waals surface area contributed by atoms with E-state index < -0.39 is 6.10 Å². The Balaban J connectivity index is 1.62. The van der Waals surface area contributed by atoms with Gasteiger partial charge in [0.2, 0.25) is 0 Å². The van der Waals surface area contributed by atoms with Gasteiger partial charge in [-0.15, -0.1) is 0 Å². The van der Waals surface area contributed by atoms with Gasteiger partial charge in [0.1, 0.15) is 11.9 Å². The van der Waals surface area contributed by atoms with Crippen LogP contribution in [0, 0.1) is 12.7 Å². The molecule has 0 amide bonds. The summed E-state index contributed by atoms with van der Waals surface area (Å²) >= 11 is 0. The molecule has 1 atom stereocenters. The third-order valence-electron chi connectivity index (χ3n) is 6.20. The number of nitrogens with one attached hydrogen (secondary N) is 1. The lowest BCUT2D eigenvalue weighted by molar-refractivity contribution is 0.0339. The van der Waals surface area contributed by atoms with Crippen LogP contribution in [0.15, 0.2) is 36.4 Å². The zero-order valence-corrected chi connectivity index (χ0v) is 18.1. The number of nitrogens with zero attached hydrogens (tertiary/aromatic N) is 1. The molecule has 0 saturated carbocycles. The van der Waals surface area contributed by atoms with E-state index in [1.54, 1.807) is 12.1 Å². The number of fused-ring (bicyclic) bond motifs is 2. The molecule has 0 saturated heterocycles. The summed E-state index contributed by atoms with van der Waals surface area (Å²) in [5.74, 6) is -0.658. The van der Waals surface area contributed by atoms with Crippen LogP contribution >= 0.6 is 0 Å². The predicted molar refractivity (Wildman–Crippen MR) is 117 cm³/mol. The van der Waals surface area contributed by atoms with Crippen molar-refractivity contribution in [2.24, 2.45) is 0 Å². The summed E-state index contributed by atoms with van der Waals surface area (Å²) in [4.78, 5) is 18.9. The van der Waals surface area contributed by atoms with Crippen molar-refractivity contribution in [1.82, 2.24) is 9.88 Å². The number of aryl methyl sites for hydroxylation is 1. The summed E-state index contributed by atoms with van der Waals surface area (Å²) in [5, 5.41) is 0.917. The topological polar surface area (TPSA) is 45.3 Å². The number of carbonyl (C=O) groups excluding carboxylic acids is 1. The number of rotatable bonds is 4. The molecule has 2 aromatic carbocycles. The van der Waals surface area contributed by atoms with Gasteiger partial charge in [-0.25, -0.2) is 9.18 Å². The molecule has 4 nitrogen and oxygen atoms in total. The predicted octanol–water partition coefficient (Wildman–Crippen LogP) is 5.34. The minimum atomic E-state index is -0.456. The van der Waals surface area contributed by atoms with Gasteiger partial charge in [-0.2, -0.15) is 0 Å². The molecular weight excluding hydrogens is 379 g/mol. The van der Waals surface area contributed by atoms with E-state index in [0.717, 1.165) is 48.1 Å². The van der Waals surface area contributed by atoms with Crippen molar-refractivity contribution in [1.29, 1.82) is 0 Å². The summed E-state index contributed by atoms with van der Waals surface area (Å²) in [6.45, 7) is 10.3. The van der Waals surface area contributed by atoms with Crippen LogP contribution in [0.5, 0.6) is 0 Å². The van der Waals surface area contributed by atoms with Crippen molar-refractivity contribution in [3.63, 3.8) is 0 Å². The molecule has 1 unspecified atom stereocenters. The maximum Gasteiger partial charge on any atom is 0.341 e. The van der Waals surface area contributed by atoms with Gasteiger partial charge in [0.15, 0.2) is 0 Å². The first-order valence-electron chi connectivity index (χ1n) is 10.7. The van der Waals surface area contributed by atoms with Crippen LogP contribution in [0.3, 0.4) is 0 Å². The van der Waals surface area contributed by atoms with E-state index in [0.29, 0.717) is 11.6 Å². The van der Waals surface area contributed by atoms with E-state index in [9.17, 15) is 9.18 Å². The van der Waals surface area contributed by atoms with Crippen LogP contribution in [-0.4, -0.2) is 35.0 Å². The zero-order chi connectivity index (χ0) is 21.4. The molecule has 158 valence electrons. The summed E-state index contributed by atoms with van der Waals surface area (Å²) in [5.41, 5.74) is 5.81. The largest absolute Gasteiger partial charge is 0.454 e. The van der Waals surface area contributed by atoms with Crippen LogP contribution in [0.1, 0.15) is 59.6 Å². The van der Waals surface area contributed by atoms with Gasteiger partial charge in [-0.1, -0.05) is 12.1 Å². The highest BCUT2D eigenvalue weighted by Gasteiger charge is 2.23. The van der Waals surface area contributed by atoms with Crippen molar-refractivity contribution < 1.29 is 13.9 Å². The van der Waals surface area contributed by atoms with E-state index in [1.165, 1.54) is 23.3 Å². The number of halogens is 1. The van der Waals surface area contributed by atoms with Gasteiger partial charge in [-0.3, -0.25) is 0 Å². The van der Waals surface area contributed by atoms with Crippen molar-refractivity contribution in [3.05, 3.63) is 70.2 Å². The maximum absolute atomic E-state index is 13.2. The Bertz CT molecular complexity index is 1070. The lowest BCUT2D eigenvalue weighted by Crippen LogP contribution is -2.32. The summed E-state index contributed by atoms with van der Waals surface area (Å²) in [7, 11) is 0. The van der Waals surface area contributed by atoms with E-state index in [1.807, 2.05) is 13.8 Å². The van der Waals surface area contributed by atoms with Crippen LogP contribution in [0.4, 0.5) is 4.39 Å². The van der Waals surface area contributed by atoms with Crippen molar-refractivity contribution in [2.75, 3.05) is 13.1 Å². The molecule has 0 aliphatic carbocycles. The number of esters is 1. The third kappa shape index (κ3) is 3.99. The number of benzene rings is 2. The minimum Gasteiger partial charge on any atom is -0.454 e. The van der Waals surface area contributed by atoms with Gasteiger partial charge < -0.3 is 14.6 Å². The van der Waals surface area contributed by atoms with Crippen molar-refractivity contribution in [2.45, 2.75) is 52.7 Å². The Morgan fingerprint density at radius 1 is 1.07 bits per heavy atom. The van der Waals surface area contributed by atoms with E-state index in [-0.39, 0.29) is 11.8 Å². The number of ether oxygens (including phenoxy) is 1. The number of hydrogen-bond donors (Lipinski definition) is 1. The zero-order valence-electron chi connectivity index (χ0n) is 18.1. The number of carbonyl (C=O) groups is 1. The summed E-state index contributed by atoms with van der Waals surface area (Å²) in [6, 6.07) is 11.0. The summed E-state index contributed by atoms with van der Waals surface area (Å²) < 4.78 is 18.9. The van der Waals surface area contributed by atoms with Gasteiger partial charge in [-0.05, 0) is 81.5 Å². The molecule has 1 N–H and O–H groups in total. The lowest BCUT2D eigenvalue weighted by atomic mass is 9.99. The second kappa shape index (κ2) is 8.23. The lowest BCUT2D eigenvalue weighted by Gasteiger charge is -2.23. The Hall–Kier alpha value is -2.66. The SMILES string of the molecule is Cc1[nH]c2cc3c(cc2c1C(=O)OC(C)c1ccc(F)cc1)CCN(C(C)C)CC3. The van der Waals surface area contributed by atoms with Crippen molar-refractivity contribution >= 4 is 16.9 Å². The van der Waals surface area contributed by atoms with Gasteiger partial charge in [0.25, 0.3) is 0 Å². The molecule has 30 heavy (non-hydrogen) atoms. The second-order valence-corrected chi connectivity index (χ2v) is 8.52. The molecular formula is C25H29FN2O2. The highest BCUT2D eigenvalue weighted by Crippen LogP contribution is 2.30. The van der Waals surface area contributed by atoms with Gasteiger partial charge in [0, 0.05) is 35.7 Å². The monoisotopic (exact) mass is 408 g/mol. The Morgan fingerprint density at radius 2 is 1.70 bits per heavy atom.